The van der Waals surface area contributed by atoms with Gasteiger partial charge in [0.1, 0.15) is 18.5 Å². The summed E-state index contributed by atoms with van der Waals surface area (Å²) in [6.07, 6.45) is -0.0905. The highest BCUT2D eigenvalue weighted by atomic mass is 16.6. The molecule has 134 valence electrons. The van der Waals surface area contributed by atoms with Crippen molar-refractivity contribution in [3.8, 4) is 11.5 Å². The van der Waals surface area contributed by atoms with Gasteiger partial charge in [-0.15, -0.1) is 0 Å². The van der Waals surface area contributed by atoms with Crippen molar-refractivity contribution in [2.75, 3.05) is 19.7 Å². The topological polar surface area (TPSA) is 72.1 Å². The third kappa shape index (κ3) is 3.64. The third-order valence-electron chi connectivity index (χ3n) is 4.50. The Labute approximate surface area is 147 Å². The lowest BCUT2D eigenvalue weighted by atomic mass is 10.1. The van der Waals surface area contributed by atoms with Crippen LogP contribution in [0.3, 0.4) is 0 Å². The van der Waals surface area contributed by atoms with Crippen LogP contribution in [0.15, 0.2) is 34.7 Å². The molecular formula is C19H23NO5. The number of carboxylic acids is 1. The van der Waals surface area contributed by atoms with Crippen molar-refractivity contribution in [1.82, 2.24) is 4.90 Å². The molecule has 25 heavy (non-hydrogen) atoms. The molecule has 2 unspecified atom stereocenters. The molecule has 0 radical (unpaired) electrons. The van der Waals surface area contributed by atoms with Crippen LogP contribution in [0.1, 0.15) is 41.8 Å². The van der Waals surface area contributed by atoms with E-state index in [9.17, 15) is 4.79 Å². The van der Waals surface area contributed by atoms with E-state index in [1.807, 2.05) is 31.2 Å². The van der Waals surface area contributed by atoms with Gasteiger partial charge in [0, 0.05) is 12.1 Å². The summed E-state index contributed by atoms with van der Waals surface area (Å²) in [5.41, 5.74) is 0.636. The van der Waals surface area contributed by atoms with Crippen LogP contribution in [0.5, 0.6) is 11.5 Å². The van der Waals surface area contributed by atoms with Gasteiger partial charge >= 0.3 is 5.97 Å². The largest absolute Gasteiger partial charge is 0.486 e. The number of aromatic carboxylic acids is 1. The monoisotopic (exact) mass is 345 g/mol. The zero-order chi connectivity index (χ0) is 18.0. The quantitative estimate of drug-likeness (QED) is 0.864. The summed E-state index contributed by atoms with van der Waals surface area (Å²) in [7, 11) is 0. The number of carboxylic acid groups (broad SMARTS) is 1. The molecule has 0 aliphatic carbocycles. The van der Waals surface area contributed by atoms with E-state index in [4.69, 9.17) is 19.0 Å². The summed E-state index contributed by atoms with van der Waals surface area (Å²) >= 11 is 0. The molecule has 0 saturated carbocycles. The number of para-hydroxylation sites is 2. The van der Waals surface area contributed by atoms with Crippen molar-refractivity contribution in [1.29, 1.82) is 0 Å². The van der Waals surface area contributed by atoms with Crippen molar-refractivity contribution < 1.29 is 23.8 Å². The number of hydrogen-bond acceptors (Lipinski definition) is 5. The zero-order valence-corrected chi connectivity index (χ0v) is 14.7. The number of aryl methyl sites for hydroxylation is 1. The minimum Gasteiger partial charge on any atom is -0.486 e. The van der Waals surface area contributed by atoms with Crippen LogP contribution in [0.25, 0.3) is 0 Å². The Morgan fingerprint density at radius 2 is 2.08 bits per heavy atom. The summed E-state index contributed by atoms with van der Waals surface area (Å²) in [5, 5.41) is 9.17. The molecule has 0 bridgehead atoms. The average molecular weight is 345 g/mol. The third-order valence-corrected chi connectivity index (χ3v) is 4.50. The summed E-state index contributed by atoms with van der Waals surface area (Å²) < 4.78 is 17.3. The van der Waals surface area contributed by atoms with Crippen LogP contribution >= 0.6 is 0 Å². The van der Waals surface area contributed by atoms with E-state index in [1.54, 1.807) is 13.0 Å². The van der Waals surface area contributed by atoms with Crippen molar-refractivity contribution in [2.45, 2.75) is 32.9 Å². The van der Waals surface area contributed by atoms with Gasteiger partial charge in [0.05, 0.1) is 6.04 Å². The summed E-state index contributed by atoms with van der Waals surface area (Å²) in [6, 6.07) is 9.37. The van der Waals surface area contributed by atoms with Gasteiger partial charge in [0.2, 0.25) is 5.76 Å². The molecular weight excluding hydrogens is 322 g/mol. The molecule has 6 nitrogen and oxygen atoms in total. The first kappa shape index (κ1) is 17.4. The Morgan fingerprint density at radius 1 is 1.36 bits per heavy atom. The number of rotatable bonds is 6. The molecule has 2 atom stereocenters. The molecule has 6 heteroatoms. The number of ether oxygens (including phenoxy) is 2. The minimum atomic E-state index is -1.04. The van der Waals surface area contributed by atoms with Gasteiger partial charge in [-0.3, -0.25) is 4.90 Å². The molecule has 2 aromatic rings. The Morgan fingerprint density at radius 3 is 2.72 bits per heavy atom. The Bertz CT molecular complexity index is 754. The van der Waals surface area contributed by atoms with Gasteiger partial charge in [-0.1, -0.05) is 19.1 Å². The maximum atomic E-state index is 11.2. The van der Waals surface area contributed by atoms with Gasteiger partial charge in [-0.05, 0) is 38.6 Å². The molecule has 1 aromatic heterocycles. The number of furan rings is 1. The smallest absolute Gasteiger partial charge is 0.372 e. The lowest BCUT2D eigenvalue weighted by Crippen LogP contribution is -2.41. The van der Waals surface area contributed by atoms with Crippen LogP contribution in [-0.4, -0.2) is 41.8 Å². The number of fused-ring (bicyclic) bond motifs is 1. The summed E-state index contributed by atoms with van der Waals surface area (Å²) in [4.78, 5) is 13.4. The van der Waals surface area contributed by atoms with Crippen LogP contribution < -0.4 is 9.47 Å². The Balaban J connectivity index is 1.70. The molecule has 2 heterocycles. The Hall–Kier alpha value is -2.47. The molecule has 0 spiro atoms. The highest BCUT2D eigenvalue weighted by molar-refractivity contribution is 5.86. The summed E-state index contributed by atoms with van der Waals surface area (Å²) in [6.45, 7) is 7.73. The predicted octanol–water partition coefficient (Wildman–Crippen LogP) is 3.51. The number of likely N-dealkylation sites (N-methyl/N-ethyl adjacent to an activating group) is 1. The molecule has 1 aliphatic heterocycles. The van der Waals surface area contributed by atoms with Gasteiger partial charge in [0.25, 0.3) is 0 Å². The molecule has 0 fully saturated rings. The second-order valence-electron chi connectivity index (χ2n) is 6.23. The number of carbonyl (C=O) groups is 1. The van der Waals surface area contributed by atoms with Crippen molar-refractivity contribution >= 4 is 5.97 Å². The SMILES string of the molecule is CCN(CC1COc2ccccc2O1)C(C)c1cc(C)c(C(=O)O)o1. The second-order valence-corrected chi connectivity index (χ2v) is 6.23. The molecule has 1 N–H and O–H groups in total. The zero-order valence-electron chi connectivity index (χ0n) is 14.7. The Kier molecular flexibility index (Phi) is 4.99. The van der Waals surface area contributed by atoms with Gasteiger partial charge in [-0.2, -0.15) is 0 Å². The van der Waals surface area contributed by atoms with Gasteiger partial charge in [-0.25, -0.2) is 4.79 Å². The standard InChI is InChI=1S/C19H23NO5/c1-4-20(13(3)17-9-12(2)18(25-17)19(21)22)10-14-11-23-15-7-5-6-8-16(15)24-14/h5-9,13-14H,4,10-11H2,1-3H3,(H,21,22). The maximum Gasteiger partial charge on any atom is 0.372 e. The normalized spacial score (nSPS) is 17.5. The lowest BCUT2D eigenvalue weighted by molar-refractivity contribution is 0.0451. The molecule has 1 aromatic carbocycles. The fourth-order valence-electron chi connectivity index (χ4n) is 3.08. The van der Waals surface area contributed by atoms with Gasteiger partial charge < -0.3 is 19.0 Å². The van der Waals surface area contributed by atoms with E-state index in [2.05, 4.69) is 11.8 Å². The number of nitrogens with zero attached hydrogens (tertiary/aromatic N) is 1. The maximum absolute atomic E-state index is 11.2. The van der Waals surface area contributed by atoms with Crippen LogP contribution in [0, 0.1) is 6.92 Å². The molecule has 1 aliphatic rings. The highest BCUT2D eigenvalue weighted by Crippen LogP contribution is 2.32. The molecule has 3 rings (SSSR count). The summed E-state index contributed by atoms with van der Waals surface area (Å²) in [5.74, 6) is 1.13. The first-order chi connectivity index (χ1) is 12.0. The minimum absolute atomic E-state index is 0.00378. The van der Waals surface area contributed by atoms with E-state index in [1.165, 1.54) is 0 Å². The first-order valence-electron chi connectivity index (χ1n) is 8.45. The molecule has 0 saturated heterocycles. The highest BCUT2D eigenvalue weighted by Gasteiger charge is 2.27. The van der Waals surface area contributed by atoms with Crippen molar-refractivity contribution in [3.63, 3.8) is 0 Å². The lowest BCUT2D eigenvalue weighted by Gasteiger charge is -2.33. The van der Waals surface area contributed by atoms with E-state index in [0.29, 0.717) is 24.5 Å². The van der Waals surface area contributed by atoms with E-state index < -0.39 is 5.97 Å². The predicted molar refractivity (Wildman–Crippen MR) is 92.4 cm³/mol. The van der Waals surface area contributed by atoms with E-state index >= 15 is 0 Å². The number of benzene rings is 1. The van der Waals surface area contributed by atoms with Crippen molar-refractivity contribution in [2.24, 2.45) is 0 Å². The van der Waals surface area contributed by atoms with Crippen LogP contribution in [-0.2, 0) is 0 Å². The first-order valence-corrected chi connectivity index (χ1v) is 8.45. The number of hydrogen-bond donors (Lipinski definition) is 1. The average Bonchev–Trinajstić information content (AvgIpc) is 3.01. The van der Waals surface area contributed by atoms with Crippen LogP contribution in [0.4, 0.5) is 0 Å². The fourth-order valence-corrected chi connectivity index (χ4v) is 3.08. The second kappa shape index (κ2) is 7.19. The van der Waals surface area contributed by atoms with Gasteiger partial charge in [0.15, 0.2) is 11.5 Å². The van der Waals surface area contributed by atoms with E-state index in [0.717, 1.165) is 18.0 Å². The molecule has 0 amide bonds. The van der Waals surface area contributed by atoms with E-state index in [-0.39, 0.29) is 17.9 Å². The van der Waals surface area contributed by atoms with Crippen LogP contribution in [0.2, 0.25) is 0 Å². The fraction of sp³-hybridized carbons (Fsp3) is 0.421. The van der Waals surface area contributed by atoms with Crippen molar-refractivity contribution in [3.05, 3.63) is 47.4 Å².